The molecule has 4 heteroatoms. The summed E-state index contributed by atoms with van der Waals surface area (Å²) in [4.78, 5) is 0. The lowest BCUT2D eigenvalue weighted by Gasteiger charge is -2.13. The molecule has 0 atom stereocenters. The van der Waals surface area contributed by atoms with Crippen molar-refractivity contribution in [3.63, 3.8) is 0 Å². The maximum atomic E-state index is 6.40. The van der Waals surface area contributed by atoms with Gasteiger partial charge in [-0.15, -0.1) is 22.7 Å². The zero-order valence-electron chi connectivity index (χ0n) is 33.0. The van der Waals surface area contributed by atoms with Gasteiger partial charge in [0.2, 0.25) is 0 Å². The summed E-state index contributed by atoms with van der Waals surface area (Å²) in [5.41, 5.74) is 13.7. The molecule has 4 heterocycles. The number of hydrogen-bond donors (Lipinski definition) is 0. The van der Waals surface area contributed by atoms with Crippen molar-refractivity contribution in [1.29, 1.82) is 0 Å². The molecule has 0 saturated carbocycles. The van der Waals surface area contributed by atoms with E-state index in [1.807, 2.05) is 28.7 Å². The van der Waals surface area contributed by atoms with Crippen LogP contribution < -0.4 is 0 Å². The Bertz CT molecular complexity index is 3650. The van der Waals surface area contributed by atoms with Crippen LogP contribution >= 0.6 is 22.7 Å². The molecule has 0 amide bonds. The molecule has 1 aliphatic carbocycles. The number of benzene rings is 7. The minimum atomic E-state index is 0.897. The molecule has 12 rings (SSSR count). The molecule has 286 valence electrons. The summed E-state index contributed by atoms with van der Waals surface area (Å²) < 4.78 is 18.0. The number of allylic oxidation sites excluding steroid dienone is 6. The largest absolute Gasteiger partial charge is 0.460 e. The van der Waals surface area contributed by atoms with Crippen LogP contribution in [0, 0.1) is 0 Å². The molecular formula is C56H38O2S2. The fourth-order valence-corrected chi connectivity index (χ4v) is 11.7. The summed E-state index contributed by atoms with van der Waals surface area (Å²) in [6.07, 6.45) is 13.5. The summed E-state index contributed by atoms with van der Waals surface area (Å²) in [5.74, 6) is 1.09. The number of rotatable bonds is 7. The van der Waals surface area contributed by atoms with Gasteiger partial charge in [0.25, 0.3) is 0 Å². The van der Waals surface area contributed by atoms with Gasteiger partial charge in [-0.05, 0) is 130 Å². The van der Waals surface area contributed by atoms with E-state index >= 15 is 0 Å². The maximum absolute atomic E-state index is 6.40. The van der Waals surface area contributed by atoms with Gasteiger partial charge in [-0.25, -0.2) is 0 Å². The fraction of sp³-hybridized carbons (Fsp3) is 0.0714. The average Bonchev–Trinajstić information content (AvgIpc) is 4.06. The molecule has 60 heavy (non-hydrogen) atoms. The first-order valence-corrected chi connectivity index (χ1v) is 22.3. The molecule has 0 radical (unpaired) electrons. The summed E-state index contributed by atoms with van der Waals surface area (Å²) in [5, 5.41) is 8.71. The van der Waals surface area contributed by atoms with Gasteiger partial charge >= 0.3 is 0 Å². The Kier molecular flexibility index (Phi) is 8.19. The Labute approximate surface area is 355 Å². The third kappa shape index (κ3) is 5.66. The summed E-state index contributed by atoms with van der Waals surface area (Å²) in [6.45, 7) is 6.11. The van der Waals surface area contributed by atoms with E-state index < -0.39 is 0 Å². The second-order valence-electron chi connectivity index (χ2n) is 15.8. The van der Waals surface area contributed by atoms with Crippen LogP contribution in [0.5, 0.6) is 0 Å². The Morgan fingerprint density at radius 1 is 0.583 bits per heavy atom. The van der Waals surface area contributed by atoms with Crippen LogP contribution in [0.4, 0.5) is 0 Å². The van der Waals surface area contributed by atoms with Crippen molar-refractivity contribution in [2.24, 2.45) is 0 Å². The molecule has 0 unspecified atom stereocenters. The highest BCUT2D eigenvalue weighted by Gasteiger charge is 2.21. The van der Waals surface area contributed by atoms with E-state index in [1.165, 1.54) is 84.7 Å². The summed E-state index contributed by atoms with van der Waals surface area (Å²) >= 11 is 3.79. The lowest BCUT2D eigenvalue weighted by molar-refractivity contribution is 0.548. The van der Waals surface area contributed by atoms with Crippen LogP contribution in [0.1, 0.15) is 42.2 Å². The Morgan fingerprint density at radius 2 is 1.23 bits per heavy atom. The molecule has 4 aromatic heterocycles. The summed E-state index contributed by atoms with van der Waals surface area (Å²) in [6, 6.07) is 49.2. The first-order valence-electron chi connectivity index (χ1n) is 20.7. The molecular weight excluding hydrogens is 769 g/mol. The van der Waals surface area contributed by atoms with Crippen LogP contribution in [-0.2, 0) is 6.42 Å². The minimum absolute atomic E-state index is 0.897. The number of aryl methyl sites for hydroxylation is 1. The van der Waals surface area contributed by atoms with Crippen LogP contribution in [0.3, 0.4) is 0 Å². The van der Waals surface area contributed by atoms with Crippen molar-refractivity contribution in [3.05, 3.63) is 187 Å². The van der Waals surface area contributed by atoms with Crippen molar-refractivity contribution in [2.45, 2.75) is 26.2 Å². The standard InChI is InChI=1S/C56H38O2S2/c1-3-5-10-33(9-4-2)35-13-20-48-42(27-35)45-30-38(16-23-51(45)57-48)40-18-25-53-47(32-40)55-54(59-53)26-19-41-46-31-39(17-24-52(46)60-56(41)55)37-15-22-50-44(29-37)43-28-36(14-21-49(43)58-50)34-11-7-6-8-12-34/h4-13,15-20,22-32H,2-3,14,21H2,1H3/b10-5-,33-9+. The monoisotopic (exact) mass is 806 g/mol. The van der Waals surface area contributed by atoms with Gasteiger partial charge in [-0.3, -0.25) is 0 Å². The Morgan fingerprint density at radius 3 is 2.00 bits per heavy atom. The van der Waals surface area contributed by atoms with Crippen LogP contribution in [0.15, 0.2) is 173 Å². The number of furan rings is 2. The maximum Gasteiger partial charge on any atom is 0.135 e. The number of thiophene rings is 2. The van der Waals surface area contributed by atoms with Gasteiger partial charge in [0.15, 0.2) is 0 Å². The first-order chi connectivity index (χ1) is 29.6. The van der Waals surface area contributed by atoms with Crippen molar-refractivity contribution >= 4 is 113 Å². The highest BCUT2D eigenvalue weighted by Crippen LogP contribution is 2.47. The van der Waals surface area contributed by atoms with E-state index in [0.29, 0.717) is 0 Å². The molecule has 1 aliphatic rings. The minimum Gasteiger partial charge on any atom is -0.460 e. The SMILES string of the molecule is C=C/C=C(\C=C/CC)c1ccc2oc3ccc(-c4ccc5sc6ccc7c8cc(-c9ccc%10oc%11c(c%10c9)C=C(c9ccccc9)CC%11)ccc8sc7c6c5c4)cc3c2c1. The van der Waals surface area contributed by atoms with Gasteiger partial charge in [-0.2, -0.15) is 0 Å². The fourth-order valence-electron chi connectivity index (χ4n) is 9.28. The average molecular weight is 807 g/mol. The van der Waals surface area contributed by atoms with Crippen molar-refractivity contribution in [3.8, 4) is 22.3 Å². The predicted octanol–water partition coefficient (Wildman–Crippen LogP) is 17.4. The second kappa shape index (κ2) is 13.9. The molecule has 2 nitrogen and oxygen atoms in total. The third-order valence-corrected chi connectivity index (χ3v) is 14.6. The lowest BCUT2D eigenvalue weighted by Crippen LogP contribution is -1.96. The topological polar surface area (TPSA) is 26.3 Å². The molecule has 0 bridgehead atoms. The second-order valence-corrected chi connectivity index (χ2v) is 18.0. The lowest BCUT2D eigenvalue weighted by atomic mass is 9.91. The van der Waals surface area contributed by atoms with E-state index in [0.717, 1.165) is 63.7 Å². The Hall–Kier alpha value is -6.72. The van der Waals surface area contributed by atoms with Crippen LogP contribution in [-0.4, -0.2) is 0 Å². The molecule has 0 fully saturated rings. The van der Waals surface area contributed by atoms with E-state index in [2.05, 4.69) is 171 Å². The smallest absolute Gasteiger partial charge is 0.135 e. The van der Waals surface area contributed by atoms with E-state index in [1.54, 1.807) is 0 Å². The van der Waals surface area contributed by atoms with E-state index in [-0.39, 0.29) is 0 Å². The number of hydrogen-bond acceptors (Lipinski definition) is 4. The van der Waals surface area contributed by atoms with Gasteiger partial charge in [0.05, 0.1) is 0 Å². The first kappa shape index (κ1) is 35.2. The highest BCUT2D eigenvalue weighted by atomic mass is 32.1. The van der Waals surface area contributed by atoms with Crippen molar-refractivity contribution in [1.82, 2.24) is 0 Å². The van der Waals surface area contributed by atoms with Gasteiger partial charge < -0.3 is 8.83 Å². The normalized spacial score (nSPS) is 13.6. The highest BCUT2D eigenvalue weighted by molar-refractivity contribution is 7.29. The zero-order chi connectivity index (χ0) is 39.9. The zero-order valence-corrected chi connectivity index (χ0v) is 34.7. The van der Waals surface area contributed by atoms with Crippen molar-refractivity contribution in [2.75, 3.05) is 0 Å². The van der Waals surface area contributed by atoms with Gasteiger partial charge in [-0.1, -0.05) is 105 Å². The van der Waals surface area contributed by atoms with E-state index in [4.69, 9.17) is 8.83 Å². The molecule has 0 N–H and O–H groups in total. The molecule has 0 spiro atoms. The molecule has 0 aliphatic heterocycles. The molecule has 11 aromatic rings. The molecule has 7 aromatic carbocycles. The summed E-state index contributed by atoms with van der Waals surface area (Å²) in [7, 11) is 0. The van der Waals surface area contributed by atoms with Gasteiger partial charge in [0, 0.05) is 68.5 Å². The quantitative estimate of drug-likeness (QED) is 0.150. The molecule has 0 saturated heterocycles. The van der Waals surface area contributed by atoms with Gasteiger partial charge in [0.1, 0.15) is 22.5 Å². The third-order valence-electron chi connectivity index (χ3n) is 12.3. The van der Waals surface area contributed by atoms with E-state index in [9.17, 15) is 0 Å². The van der Waals surface area contributed by atoms with Crippen molar-refractivity contribution < 1.29 is 8.83 Å². The number of fused-ring (bicyclic) bond motifs is 13. The predicted molar refractivity (Wildman–Crippen MR) is 260 cm³/mol. The van der Waals surface area contributed by atoms with Crippen LogP contribution in [0.25, 0.3) is 113 Å². The Balaban J connectivity index is 0.946. The van der Waals surface area contributed by atoms with Crippen LogP contribution in [0.2, 0.25) is 0 Å².